The molecule has 2 aromatic rings. The lowest BCUT2D eigenvalue weighted by Gasteiger charge is -2.35. The van der Waals surface area contributed by atoms with Crippen LogP contribution < -0.4 is 10.7 Å². The number of hydrogen-bond donors (Lipinski definition) is 2. The van der Waals surface area contributed by atoms with Crippen molar-refractivity contribution in [2.75, 3.05) is 18.4 Å². The molecule has 1 saturated carbocycles. The van der Waals surface area contributed by atoms with Crippen molar-refractivity contribution >= 4 is 23.4 Å². The van der Waals surface area contributed by atoms with Crippen molar-refractivity contribution < 1.29 is 9.53 Å². The van der Waals surface area contributed by atoms with Gasteiger partial charge in [0.1, 0.15) is 0 Å². The zero-order valence-corrected chi connectivity index (χ0v) is 21.9. The van der Waals surface area contributed by atoms with Crippen LogP contribution in [0.5, 0.6) is 0 Å². The Kier molecular flexibility index (Phi) is 5.64. The molecule has 1 saturated heterocycles. The second-order valence-corrected chi connectivity index (χ2v) is 11.5. The van der Waals surface area contributed by atoms with E-state index in [-0.39, 0.29) is 36.0 Å². The molecule has 0 aromatic heterocycles. The third-order valence-electron chi connectivity index (χ3n) is 8.69. The Morgan fingerprint density at radius 2 is 1.87 bits per heavy atom. The van der Waals surface area contributed by atoms with E-state index in [4.69, 9.17) is 4.74 Å². The van der Waals surface area contributed by atoms with Crippen molar-refractivity contribution in [2.24, 2.45) is 16.9 Å². The highest BCUT2D eigenvalue weighted by molar-refractivity contribution is 6.09. The fraction of sp³-hybridized carbons (Fsp3) is 0.375. The summed E-state index contributed by atoms with van der Waals surface area (Å²) in [7, 11) is 0. The van der Waals surface area contributed by atoms with Crippen LogP contribution in [0.1, 0.15) is 37.0 Å². The summed E-state index contributed by atoms with van der Waals surface area (Å²) in [5.41, 5.74) is 9.81. The number of anilines is 1. The molecule has 6 heteroatoms. The Hall–Kier alpha value is -3.48. The van der Waals surface area contributed by atoms with Crippen LogP contribution in [0.2, 0.25) is 0 Å². The maximum absolute atomic E-state index is 12.9. The van der Waals surface area contributed by atoms with E-state index in [0.29, 0.717) is 0 Å². The first-order valence-corrected chi connectivity index (χ1v) is 13.8. The second kappa shape index (κ2) is 9.07. The van der Waals surface area contributed by atoms with Crippen molar-refractivity contribution in [2.45, 2.75) is 50.5 Å². The van der Waals surface area contributed by atoms with Gasteiger partial charge in [-0.25, -0.2) is 0 Å². The average Bonchev–Trinajstić information content (AvgIpc) is 3.44. The summed E-state index contributed by atoms with van der Waals surface area (Å²) in [6.07, 6.45) is 12.5. The van der Waals surface area contributed by atoms with Gasteiger partial charge in [-0.3, -0.25) is 9.69 Å². The number of amides is 1. The fourth-order valence-corrected chi connectivity index (χ4v) is 6.84. The van der Waals surface area contributed by atoms with Crippen LogP contribution in [-0.2, 0) is 21.5 Å². The van der Waals surface area contributed by atoms with Crippen molar-refractivity contribution in [3.05, 3.63) is 95.1 Å². The Bertz CT molecular complexity index is 1380. The van der Waals surface area contributed by atoms with Gasteiger partial charge < -0.3 is 15.5 Å². The summed E-state index contributed by atoms with van der Waals surface area (Å²) >= 11 is 0. The highest BCUT2D eigenvalue weighted by atomic mass is 16.5. The Morgan fingerprint density at radius 3 is 2.68 bits per heavy atom. The molecule has 1 amide bonds. The van der Waals surface area contributed by atoms with E-state index in [9.17, 15) is 4.79 Å². The predicted octanol–water partition coefficient (Wildman–Crippen LogP) is 4.66. The standard InChI is InChI=1S/C32H34N4O2/c1-20-17-36(18-21(2)38-20)19-23-9-7-22(8-10-23)11-14-28-25-13-12-24(15-30(25)35-34-28)27-16-32(27)26-5-3-4-6-29(26)33-31(32)37/h3-15,20-21,25,27,30,35H,16-19H2,1-2H3,(H,33,37)/b14-11+/t20-,21+,25?,27-,30?,32-/m0/s1. The van der Waals surface area contributed by atoms with Crippen molar-refractivity contribution in [3.8, 4) is 0 Å². The number of para-hydroxylation sites is 1. The van der Waals surface area contributed by atoms with Crippen molar-refractivity contribution in [1.29, 1.82) is 0 Å². The van der Waals surface area contributed by atoms with Gasteiger partial charge in [-0.1, -0.05) is 66.8 Å². The molecule has 194 valence electrons. The third kappa shape index (κ3) is 4.03. The SMILES string of the molecule is C[C@@H]1CN(Cc2ccc(/C=C/C3=NNC4C=C([C@@H]5C[C@@]56C(=O)Nc5ccccc56)C=CC34)cc2)C[C@H](C)O1. The second-order valence-electron chi connectivity index (χ2n) is 11.5. The van der Waals surface area contributed by atoms with Gasteiger partial charge in [-0.05, 0) is 54.7 Å². The van der Waals surface area contributed by atoms with Crippen LogP contribution in [0.25, 0.3) is 6.08 Å². The quantitative estimate of drug-likeness (QED) is 0.619. The number of nitrogens with zero attached hydrogens (tertiary/aromatic N) is 2. The van der Waals surface area contributed by atoms with E-state index in [1.54, 1.807) is 0 Å². The third-order valence-corrected chi connectivity index (χ3v) is 8.69. The van der Waals surface area contributed by atoms with Crippen LogP contribution >= 0.6 is 0 Å². The molecule has 7 rings (SSSR count). The first-order chi connectivity index (χ1) is 18.5. The van der Waals surface area contributed by atoms with Gasteiger partial charge in [-0.2, -0.15) is 5.10 Å². The largest absolute Gasteiger partial charge is 0.373 e. The van der Waals surface area contributed by atoms with E-state index in [2.05, 4.69) is 95.3 Å². The molecule has 2 N–H and O–H groups in total. The molecule has 6 atom stereocenters. The fourth-order valence-electron chi connectivity index (χ4n) is 6.84. The summed E-state index contributed by atoms with van der Waals surface area (Å²) in [5.74, 6) is 0.575. The number of hydrogen-bond acceptors (Lipinski definition) is 5. The molecule has 2 unspecified atom stereocenters. The molecule has 0 bridgehead atoms. The van der Waals surface area contributed by atoms with Crippen molar-refractivity contribution in [1.82, 2.24) is 10.3 Å². The molecule has 3 heterocycles. The molecular weight excluding hydrogens is 472 g/mol. The van der Waals surface area contributed by atoms with E-state index >= 15 is 0 Å². The zero-order valence-electron chi connectivity index (χ0n) is 21.9. The summed E-state index contributed by atoms with van der Waals surface area (Å²) in [6.45, 7) is 7.21. The Labute approximate surface area is 224 Å². The summed E-state index contributed by atoms with van der Waals surface area (Å²) in [4.78, 5) is 15.4. The maximum atomic E-state index is 12.9. The first-order valence-electron chi connectivity index (χ1n) is 13.8. The number of allylic oxidation sites excluding steroid dienone is 3. The normalized spacial score (nSPS) is 33.5. The smallest absolute Gasteiger partial charge is 0.235 e. The number of benzene rings is 2. The molecule has 0 radical (unpaired) electrons. The Morgan fingerprint density at radius 1 is 1.08 bits per heavy atom. The average molecular weight is 507 g/mol. The molecule has 5 aliphatic rings. The predicted molar refractivity (Wildman–Crippen MR) is 151 cm³/mol. The highest BCUT2D eigenvalue weighted by Crippen LogP contribution is 2.63. The van der Waals surface area contributed by atoms with Crippen molar-refractivity contribution in [3.63, 3.8) is 0 Å². The number of nitrogens with one attached hydrogen (secondary N) is 2. The van der Waals surface area contributed by atoms with Crippen LogP contribution in [-0.4, -0.2) is 47.9 Å². The lowest BCUT2D eigenvalue weighted by molar-refractivity contribution is -0.118. The minimum atomic E-state index is -0.397. The lowest BCUT2D eigenvalue weighted by atomic mass is 9.85. The topological polar surface area (TPSA) is 66.0 Å². The van der Waals surface area contributed by atoms with Gasteiger partial charge in [0, 0.05) is 37.2 Å². The van der Waals surface area contributed by atoms with E-state index in [1.807, 2.05) is 18.2 Å². The van der Waals surface area contributed by atoms with E-state index in [0.717, 1.165) is 43.0 Å². The van der Waals surface area contributed by atoms with Gasteiger partial charge in [0.05, 0.1) is 29.4 Å². The number of carbonyl (C=O) groups is 1. The molecule has 2 aromatic carbocycles. The van der Waals surface area contributed by atoms with E-state index < -0.39 is 5.41 Å². The lowest BCUT2D eigenvalue weighted by Crippen LogP contribution is -2.44. The molecular formula is C32H34N4O2. The maximum Gasteiger partial charge on any atom is 0.235 e. The van der Waals surface area contributed by atoms with E-state index in [1.165, 1.54) is 16.7 Å². The molecule has 3 aliphatic heterocycles. The number of rotatable bonds is 5. The molecule has 2 fully saturated rings. The highest BCUT2D eigenvalue weighted by Gasteiger charge is 2.65. The minimum absolute atomic E-state index is 0.132. The summed E-state index contributed by atoms with van der Waals surface area (Å²) in [5, 5.41) is 7.73. The van der Waals surface area contributed by atoms with Gasteiger partial charge in [0.15, 0.2) is 0 Å². The number of carbonyl (C=O) groups excluding carboxylic acids is 1. The molecule has 1 spiro atoms. The van der Waals surface area contributed by atoms with Crippen LogP contribution in [0.15, 0.2) is 83.5 Å². The molecule has 2 aliphatic carbocycles. The number of fused-ring (bicyclic) bond motifs is 3. The zero-order chi connectivity index (χ0) is 25.9. The van der Waals surface area contributed by atoms with Crippen LogP contribution in [0.3, 0.4) is 0 Å². The first kappa shape index (κ1) is 23.6. The number of morpholine rings is 1. The monoisotopic (exact) mass is 506 g/mol. The molecule has 38 heavy (non-hydrogen) atoms. The van der Waals surface area contributed by atoms with Crippen LogP contribution in [0.4, 0.5) is 5.69 Å². The Balaban J connectivity index is 0.986. The minimum Gasteiger partial charge on any atom is -0.373 e. The van der Waals surface area contributed by atoms with Gasteiger partial charge in [0.2, 0.25) is 5.91 Å². The molecule has 6 nitrogen and oxygen atoms in total. The van der Waals surface area contributed by atoms with Gasteiger partial charge in [0.25, 0.3) is 0 Å². The summed E-state index contributed by atoms with van der Waals surface area (Å²) in [6, 6.07) is 17.1. The van der Waals surface area contributed by atoms with Gasteiger partial charge >= 0.3 is 0 Å². The number of ether oxygens (including phenoxy) is 1. The van der Waals surface area contributed by atoms with Crippen LogP contribution in [0, 0.1) is 11.8 Å². The van der Waals surface area contributed by atoms with Gasteiger partial charge in [-0.15, -0.1) is 0 Å². The number of hydrazone groups is 1. The summed E-state index contributed by atoms with van der Waals surface area (Å²) < 4.78 is 5.86.